The van der Waals surface area contributed by atoms with Gasteiger partial charge in [0, 0.05) is 31.7 Å². The fourth-order valence-corrected chi connectivity index (χ4v) is 2.80. The Morgan fingerprint density at radius 1 is 1.20 bits per heavy atom. The maximum Gasteiger partial charge on any atom is 0.191 e. The molecular weight excluding hydrogens is 248 g/mol. The Bertz CT molecular complexity index is 293. The van der Waals surface area contributed by atoms with E-state index in [1.807, 2.05) is 7.05 Å². The van der Waals surface area contributed by atoms with Crippen molar-refractivity contribution in [1.29, 1.82) is 0 Å². The number of aliphatic imine (C=N–C) groups is 1. The lowest BCUT2D eigenvalue weighted by Gasteiger charge is -2.30. The molecule has 2 atom stereocenters. The zero-order valence-electron chi connectivity index (χ0n) is 14.1. The zero-order valence-corrected chi connectivity index (χ0v) is 14.1. The van der Waals surface area contributed by atoms with Gasteiger partial charge in [0.15, 0.2) is 5.96 Å². The Labute approximate surface area is 125 Å². The average molecular weight is 282 g/mol. The molecule has 1 aliphatic carbocycles. The van der Waals surface area contributed by atoms with Crippen LogP contribution in [0.5, 0.6) is 0 Å². The van der Waals surface area contributed by atoms with Crippen molar-refractivity contribution >= 4 is 5.96 Å². The molecule has 4 heteroatoms. The number of hydrogen-bond acceptors (Lipinski definition) is 2. The second-order valence-corrected chi connectivity index (χ2v) is 6.96. The van der Waals surface area contributed by atoms with Crippen LogP contribution in [0.15, 0.2) is 4.99 Å². The number of hydrogen-bond donors (Lipinski definition) is 3. The molecule has 4 nitrogen and oxygen atoms in total. The van der Waals surface area contributed by atoms with Crippen molar-refractivity contribution in [1.82, 2.24) is 16.0 Å². The quantitative estimate of drug-likeness (QED) is 0.412. The molecule has 2 unspecified atom stereocenters. The van der Waals surface area contributed by atoms with E-state index in [2.05, 4.69) is 48.6 Å². The van der Waals surface area contributed by atoms with Gasteiger partial charge in [0.1, 0.15) is 0 Å². The minimum atomic E-state index is 0.177. The molecule has 0 aliphatic heterocycles. The van der Waals surface area contributed by atoms with Gasteiger partial charge >= 0.3 is 0 Å². The van der Waals surface area contributed by atoms with E-state index in [1.54, 1.807) is 0 Å². The third-order valence-corrected chi connectivity index (χ3v) is 4.00. The second kappa shape index (κ2) is 8.50. The summed E-state index contributed by atoms with van der Waals surface area (Å²) in [6, 6.07) is 0.593. The monoisotopic (exact) mass is 282 g/mol. The smallest absolute Gasteiger partial charge is 0.191 e. The highest BCUT2D eigenvalue weighted by Crippen LogP contribution is 2.26. The number of nitrogens with one attached hydrogen (secondary N) is 3. The van der Waals surface area contributed by atoms with Crippen LogP contribution in [0.25, 0.3) is 0 Å². The summed E-state index contributed by atoms with van der Waals surface area (Å²) < 4.78 is 0. The Hall–Kier alpha value is -0.770. The summed E-state index contributed by atoms with van der Waals surface area (Å²) in [5.74, 6) is 1.84. The number of nitrogens with zero attached hydrogens (tertiary/aromatic N) is 1. The Morgan fingerprint density at radius 2 is 1.95 bits per heavy atom. The molecule has 1 aliphatic rings. The van der Waals surface area contributed by atoms with Gasteiger partial charge in [0.25, 0.3) is 0 Å². The van der Waals surface area contributed by atoms with Gasteiger partial charge in [-0.2, -0.15) is 0 Å². The van der Waals surface area contributed by atoms with E-state index in [1.165, 1.54) is 32.1 Å². The van der Waals surface area contributed by atoms with E-state index in [0.717, 1.165) is 25.0 Å². The van der Waals surface area contributed by atoms with Crippen molar-refractivity contribution in [2.24, 2.45) is 10.9 Å². The van der Waals surface area contributed by atoms with Gasteiger partial charge in [-0.25, -0.2) is 0 Å². The molecule has 1 fully saturated rings. The fraction of sp³-hybridized carbons (Fsp3) is 0.938. The molecule has 0 aromatic carbocycles. The lowest BCUT2D eigenvalue weighted by Crippen LogP contribution is -2.48. The van der Waals surface area contributed by atoms with Gasteiger partial charge in [0.2, 0.25) is 0 Å². The van der Waals surface area contributed by atoms with E-state index >= 15 is 0 Å². The molecule has 0 amide bonds. The third-order valence-electron chi connectivity index (χ3n) is 4.00. The average Bonchev–Trinajstić information content (AvgIpc) is 2.41. The fourth-order valence-electron chi connectivity index (χ4n) is 2.80. The highest BCUT2D eigenvalue weighted by Gasteiger charge is 2.21. The summed E-state index contributed by atoms with van der Waals surface area (Å²) in [6.07, 6.45) is 6.61. The first-order chi connectivity index (χ1) is 9.44. The van der Waals surface area contributed by atoms with Crippen LogP contribution in [0, 0.1) is 5.92 Å². The van der Waals surface area contributed by atoms with Crippen LogP contribution >= 0.6 is 0 Å². The second-order valence-electron chi connectivity index (χ2n) is 6.96. The van der Waals surface area contributed by atoms with Crippen LogP contribution in [-0.2, 0) is 0 Å². The maximum atomic E-state index is 4.33. The van der Waals surface area contributed by atoms with E-state index in [-0.39, 0.29) is 5.54 Å². The predicted molar refractivity (Wildman–Crippen MR) is 88.3 cm³/mol. The first-order valence-corrected chi connectivity index (χ1v) is 8.16. The molecule has 0 spiro atoms. The molecule has 0 heterocycles. The van der Waals surface area contributed by atoms with Crippen molar-refractivity contribution in [2.75, 3.05) is 20.1 Å². The highest BCUT2D eigenvalue weighted by atomic mass is 15.2. The van der Waals surface area contributed by atoms with Crippen molar-refractivity contribution in [3.63, 3.8) is 0 Å². The zero-order chi connectivity index (χ0) is 15.0. The van der Waals surface area contributed by atoms with Gasteiger partial charge in [-0.15, -0.1) is 0 Å². The van der Waals surface area contributed by atoms with Crippen LogP contribution in [-0.4, -0.2) is 37.7 Å². The van der Waals surface area contributed by atoms with Crippen molar-refractivity contribution in [2.45, 2.75) is 71.4 Å². The molecule has 0 aromatic heterocycles. The molecule has 1 saturated carbocycles. The molecule has 1 rings (SSSR count). The Balaban J connectivity index is 2.26. The van der Waals surface area contributed by atoms with Crippen molar-refractivity contribution in [3.8, 4) is 0 Å². The van der Waals surface area contributed by atoms with Crippen LogP contribution in [0.2, 0.25) is 0 Å². The third kappa shape index (κ3) is 7.13. The molecule has 0 aromatic rings. The van der Waals surface area contributed by atoms with Crippen LogP contribution < -0.4 is 16.0 Å². The SMILES string of the molecule is CCC1CCCC(NC(=NC)NCCNC(C)(C)C)C1. The van der Waals surface area contributed by atoms with Crippen LogP contribution in [0.3, 0.4) is 0 Å². The van der Waals surface area contributed by atoms with E-state index < -0.39 is 0 Å². The molecule has 0 radical (unpaired) electrons. The normalized spacial score (nSPS) is 24.6. The topological polar surface area (TPSA) is 48.5 Å². The molecule has 0 saturated heterocycles. The van der Waals surface area contributed by atoms with E-state index in [9.17, 15) is 0 Å². The summed E-state index contributed by atoms with van der Waals surface area (Å²) >= 11 is 0. The van der Waals surface area contributed by atoms with Crippen LogP contribution in [0.4, 0.5) is 0 Å². The van der Waals surface area contributed by atoms with Crippen LogP contribution in [0.1, 0.15) is 59.8 Å². The molecular formula is C16H34N4. The molecule has 3 N–H and O–H groups in total. The van der Waals surface area contributed by atoms with E-state index in [0.29, 0.717) is 6.04 Å². The van der Waals surface area contributed by atoms with Gasteiger partial charge in [-0.1, -0.05) is 26.2 Å². The Kier molecular flexibility index (Phi) is 7.35. The Morgan fingerprint density at radius 3 is 2.55 bits per heavy atom. The van der Waals surface area contributed by atoms with Crippen molar-refractivity contribution in [3.05, 3.63) is 0 Å². The maximum absolute atomic E-state index is 4.33. The lowest BCUT2D eigenvalue weighted by atomic mass is 9.84. The summed E-state index contributed by atoms with van der Waals surface area (Å²) in [7, 11) is 1.85. The summed E-state index contributed by atoms with van der Waals surface area (Å²) in [6.45, 7) is 10.7. The summed E-state index contributed by atoms with van der Waals surface area (Å²) in [5.41, 5.74) is 0.177. The number of guanidine groups is 1. The van der Waals surface area contributed by atoms with Crippen molar-refractivity contribution < 1.29 is 0 Å². The molecule has 118 valence electrons. The first kappa shape index (κ1) is 17.3. The highest BCUT2D eigenvalue weighted by molar-refractivity contribution is 5.79. The van der Waals surface area contributed by atoms with Gasteiger partial charge < -0.3 is 16.0 Å². The van der Waals surface area contributed by atoms with Gasteiger partial charge in [0.05, 0.1) is 0 Å². The largest absolute Gasteiger partial charge is 0.355 e. The predicted octanol–water partition coefficient (Wildman–Crippen LogP) is 2.51. The lowest BCUT2D eigenvalue weighted by molar-refractivity contribution is 0.298. The summed E-state index contributed by atoms with van der Waals surface area (Å²) in [4.78, 5) is 4.33. The molecule has 0 bridgehead atoms. The summed E-state index contributed by atoms with van der Waals surface area (Å²) in [5, 5.41) is 10.5. The minimum absolute atomic E-state index is 0.177. The van der Waals surface area contributed by atoms with E-state index in [4.69, 9.17) is 0 Å². The molecule has 20 heavy (non-hydrogen) atoms. The first-order valence-electron chi connectivity index (χ1n) is 8.16. The van der Waals surface area contributed by atoms with Gasteiger partial charge in [-0.3, -0.25) is 4.99 Å². The minimum Gasteiger partial charge on any atom is -0.355 e. The van der Waals surface area contributed by atoms with Gasteiger partial charge in [-0.05, 0) is 39.5 Å². The standard InChI is InChI=1S/C16H34N4/c1-6-13-8-7-9-14(12-13)20-15(17-5)18-10-11-19-16(2,3)4/h13-14,19H,6-12H2,1-5H3,(H2,17,18,20). The number of rotatable bonds is 5.